The Balaban J connectivity index is 2.87. The van der Waals surface area contributed by atoms with Gasteiger partial charge in [0.05, 0.1) is 0 Å². The molecule has 1 aromatic carbocycles. The van der Waals surface area contributed by atoms with E-state index in [1.54, 1.807) is 6.07 Å². The van der Waals surface area contributed by atoms with Gasteiger partial charge in [0.1, 0.15) is 0 Å². The normalized spacial score (nSPS) is 9.13. The van der Waals surface area contributed by atoms with E-state index in [4.69, 9.17) is 13.5 Å². The first kappa shape index (κ1) is 12.0. The van der Waals surface area contributed by atoms with Gasteiger partial charge in [0.15, 0.2) is 0 Å². The zero-order valence-electron chi connectivity index (χ0n) is 8.19. The SMILES string of the molecule is CC(=O)[O][Hg][c]1ccc(N)c(C(=O)O)c1. The van der Waals surface area contributed by atoms with Gasteiger partial charge in [-0.05, 0) is 0 Å². The number of aromatic carboxylic acids is 1. The van der Waals surface area contributed by atoms with Crippen molar-refractivity contribution in [2.24, 2.45) is 0 Å². The molecule has 0 saturated heterocycles. The number of benzene rings is 1. The summed E-state index contributed by atoms with van der Waals surface area (Å²) in [4.78, 5) is 21.3. The zero-order valence-corrected chi connectivity index (χ0v) is 13.7. The van der Waals surface area contributed by atoms with E-state index in [1.807, 2.05) is 0 Å². The second-order valence-corrected chi connectivity index (χ2v) is 8.43. The van der Waals surface area contributed by atoms with E-state index in [0.29, 0.717) is 0 Å². The van der Waals surface area contributed by atoms with Gasteiger partial charge in [-0.25, -0.2) is 0 Å². The average Bonchev–Trinajstić information content (AvgIpc) is 2.16. The molecule has 0 aliphatic rings. The van der Waals surface area contributed by atoms with Crippen LogP contribution >= 0.6 is 0 Å². The number of rotatable bonds is 3. The number of nitrogens with two attached hydrogens (primary N) is 1. The minimum atomic E-state index is -1.95. The van der Waals surface area contributed by atoms with Crippen LogP contribution in [0, 0.1) is 0 Å². The topological polar surface area (TPSA) is 89.6 Å². The van der Waals surface area contributed by atoms with Crippen molar-refractivity contribution in [3.05, 3.63) is 23.8 Å². The molecule has 0 heterocycles. The molecule has 15 heavy (non-hydrogen) atoms. The molecule has 5 nitrogen and oxygen atoms in total. The molecule has 1 rings (SSSR count). The fraction of sp³-hybridized carbons (Fsp3) is 0.111. The van der Waals surface area contributed by atoms with Gasteiger partial charge in [-0.2, -0.15) is 0 Å². The van der Waals surface area contributed by atoms with E-state index < -0.39 is 31.0 Å². The molecule has 0 radical (unpaired) electrons. The van der Waals surface area contributed by atoms with Crippen LogP contribution in [0.2, 0.25) is 0 Å². The fourth-order valence-electron chi connectivity index (χ4n) is 1.06. The Hall–Kier alpha value is -1.10. The van der Waals surface area contributed by atoms with Crippen molar-refractivity contribution in [3.8, 4) is 0 Å². The summed E-state index contributed by atoms with van der Waals surface area (Å²) in [5, 5.41) is 8.80. The third-order valence-electron chi connectivity index (χ3n) is 1.79. The Bertz CT molecular complexity index is 405. The second kappa shape index (κ2) is 5.11. The predicted molar refractivity (Wildman–Crippen MR) is 49.2 cm³/mol. The number of carboxylic acid groups (broad SMARTS) is 1. The molecule has 76 valence electrons. The van der Waals surface area contributed by atoms with Gasteiger partial charge < -0.3 is 0 Å². The molecule has 3 N–H and O–H groups in total. The first-order valence-electron chi connectivity index (χ1n) is 4.25. The Morgan fingerprint density at radius 2 is 2.13 bits per heavy atom. The number of hydrogen-bond donors (Lipinski definition) is 2. The Kier molecular flexibility index (Phi) is 4.08. The van der Waals surface area contributed by atoms with Gasteiger partial charge in [0, 0.05) is 0 Å². The third kappa shape index (κ3) is 3.51. The number of carbonyl (C=O) groups is 2. The molecule has 0 bridgehead atoms. The standard InChI is InChI=1S/C7H6NO2.C2H4O2.Hg/c8-6-4-2-1-3-5(6)7(9)10;1-2(3)4;/h2-4H,8H2,(H,9,10);1H3,(H,3,4);/q;;+1/p-1. The van der Waals surface area contributed by atoms with Gasteiger partial charge in [0.2, 0.25) is 0 Å². The first-order chi connectivity index (χ1) is 7.00. The van der Waals surface area contributed by atoms with Gasteiger partial charge >= 0.3 is 99.5 Å². The molecule has 0 aromatic heterocycles. The third-order valence-corrected chi connectivity index (χ3v) is 6.94. The van der Waals surface area contributed by atoms with E-state index in [2.05, 4.69) is 0 Å². The van der Waals surface area contributed by atoms with Crippen LogP contribution in [0.25, 0.3) is 0 Å². The Labute approximate surface area is 99.3 Å². The number of carboxylic acids is 1. The van der Waals surface area contributed by atoms with Gasteiger partial charge in [-0.1, -0.05) is 0 Å². The summed E-state index contributed by atoms with van der Waals surface area (Å²) in [6.45, 7) is 1.34. The summed E-state index contributed by atoms with van der Waals surface area (Å²) in [6.07, 6.45) is 0. The van der Waals surface area contributed by atoms with Crippen molar-refractivity contribution in [2.45, 2.75) is 6.92 Å². The van der Waals surface area contributed by atoms with Crippen molar-refractivity contribution in [2.75, 3.05) is 5.73 Å². The molecule has 0 unspecified atom stereocenters. The van der Waals surface area contributed by atoms with Crippen LogP contribution in [-0.4, -0.2) is 17.0 Å². The molecule has 1 aromatic rings. The number of nitrogen functional groups attached to an aromatic ring is 1. The van der Waals surface area contributed by atoms with E-state index in [0.717, 1.165) is 3.07 Å². The van der Waals surface area contributed by atoms with Crippen LogP contribution in [0.1, 0.15) is 17.3 Å². The molecular formula is C9H9HgNO4. The van der Waals surface area contributed by atoms with Crippen LogP contribution in [-0.2, 0) is 32.5 Å². The summed E-state index contributed by atoms with van der Waals surface area (Å²) in [6, 6.07) is 4.73. The maximum atomic E-state index is 10.7. The van der Waals surface area contributed by atoms with Crippen molar-refractivity contribution >= 4 is 20.7 Å². The Morgan fingerprint density at radius 1 is 1.47 bits per heavy atom. The van der Waals surface area contributed by atoms with Crippen LogP contribution in [0.4, 0.5) is 5.69 Å². The fourth-order valence-corrected chi connectivity index (χ4v) is 4.45. The van der Waals surface area contributed by atoms with E-state index >= 15 is 0 Å². The van der Waals surface area contributed by atoms with Gasteiger partial charge in [-0.15, -0.1) is 0 Å². The number of carbonyl (C=O) groups excluding carboxylic acids is 1. The summed E-state index contributed by atoms with van der Waals surface area (Å²) in [7, 11) is 0. The molecule has 0 fully saturated rings. The van der Waals surface area contributed by atoms with E-state index in [1.165, 1.54) is 19.1 Å². The van der Waals surface area contributed by atoms with Crippen molar-refractivity contribution in [3.63, 3.8) is 0 Å². The molecule has 0 atom stereocenters. The van der Waals surface area contributed by atoms with Crippen LogP contribution in [0.15, 0.2) is 18.2 Å². The summed E-state index contributed by atoms with van der Waals surface area (Å²) in [5.74, 6) is -1.38. The number of anilines is 1. The predicted octanol–water partition coefficient (Wildman–Crippen LogP) is 0.153. The molecule has 6 heteroatoms. The van der Waals surface area contributed by atoms with E-state index in [-0.39, 0.29) is 17.2 Å². The summed E-state index contributed by atoms with van der Waals surface area (Å²) < 4.78 is 5.77. The second-order valence-electron chi connectivity index (χ2n) is 3.01. The van der Waals surface area contributed by atoms with Crippen LogP contribution in [0.5, 0.6) is 0 Å². The van der Waals surface area contributed by atoms with Crippen LogP contribution in [0.3, 0.4) is 0 Å². The molecule has 0 aliphatic carbocycles. The molecule has 0 amide bonds. The quantitative estimate of drug-likeness (QED) is 0.562. The molecule has 0 aliphatic heterocycles. The van der Waals surface area contributed by atoms with Crippen molar-refractivity contribution < 1.29 is 42.4 Å². The monoisotopic (exact) mass is 397 g/mol. The van der Waals surface area contributed by atoms with Crippen molar-refractivity contribution in [1.29, 1.82) is 0 Å². The summed E-state index contributed by atoms with van der Waals surface area (Å²) >= 11 is -1.95. The van der Waals surface area contributed by atoms with Crippen LogP contribution < -0.4 is 8.81 Å². The minimum absolute atomic E-state index is 0.0691. The molecular weight excluding hydrogens is 387 g/mol. The average molecular weight is 396 g/mol. The molecule has 0 saturated carbocycles. The van der Waals surface area contributed by atoms with E-state index in [9.17, 15) is 9.59 Å². The Morgan fingerprint density at radius 3 is 2.67 bits per heavy atom. The number of hydrogen-bond acceptors (Lipinski definition) is 4. The van der Waals surface area contributed by atoms with Crippen molar-refractivity contribution in [1.82, 2.24) is 0 Å². The van der Waals surface area contributed by atoms with Gasteiger partial charge in [0.25, 0.3) is 0 Å². The zero-order chi connectivity index (χ0) is 11.4. The first-order valence-corrected chi connectivity index (χ1v) is 9.25. The summed E-state index contributed by atoms with van der Waals surface area (Å²) in [5.41, 5.74) is 5.78. The maximum absolute atomic E-state index is 10.7. The molecule has 0 spiro atoms. The van der Waals surface area contributed by atoms with Gasteiger partial charge in [-0.3, -0.25) is 0 Å².